The van der Waals surface area contributed by atoms with Gasteiger partial charge in [-0.1, -0.05) is 78.9 Å². The number of benzene rings is 3. The zero-order chi connectivity index (χ0) is 24.1. The molecule has 1 aliphatic rings. The Hall–Kier alpha value is -3.08. The average molecular weight is 480 g/mol. The number of nitrogens with one attached hydrogen (secondary N) is 1. The van der Waals surface area contributed by atoms with Crippen LogP contribution in [0.2, 0.25) is 0 Å². The van der Waals surface area contributed by atoms with Crippen LogP contribution in [0.5, 0.6) is 0 Å². The maximum atomic E-state index is 4.55. The van der Waals surface area contributed by atoms with Crippen LogP contribution in [0.1, 0.15) is 33.5 Å². The van der Waals surface area contributed by atoms with Gasteiger partial charge in [-0.05, 0) is 52.8 Å². The maximum absolute atomic E-state index is 4.55. The van der Waals surface area contributed by atoms with Crippen LogP contribution in [-0.2, 0) is 24.1 Å². The van der Waals surface area contributed by atoms with E-state index in [1.165, 1.54) is 33.5 Å². The highest BCUT2D eigenvalue weighted by atomic mass is 32.2. The summed E-state index contributed by atoms with van der Waals surface area (Å²) < 4.78 is -0.226. The molecule has 0 unspecified atom stereocenters. The first-order valence-electron chi connectivity index (χ1n) is 12.4. The monoisotopic (exact) mass is 479 g/mol. The first-order valence-corrected chi connectivity index (χ1v) is 13.4. The number of pyridine rings is 1. The summed E-state index contributed by atoms with van der Waals surface area (Å²) in [4.78, 5) is 6.66. The van der Waals surface area contributed by atoms with Crippen LogP contribution in [-0.4, -0.2) is 31.4 Å². The molecule has 1 N–H and O–H groups in total. The number of rotatable bonds is 8. The Bertz CT molecular complexity index is 1220. The van der Waals surface area contributed by atoms with Gasteiger partial charge in [-0.15, -0.1) is 11.8 Å². The molecule has 0 aliphatic heterocycles. The Balaban J connectivity index is 1.44. The lowest BCUT2D eigenvalue weighted by molar-refractivity contribution is 0.713. The smallest absolute Gasteiger partial charge is 0.0912 e. The van der Waals surface area contributed by atoms with Gasteiger partial charge < -0.3 is 10.2 Å². The third-order valence-electron chi connectivity index (χ3n) is 6.86. The third-order valence-corrected chi connectivity index (χ3v) is 8.37. The van der Waals surface area contributed by atoms with Gasteiger partial charge in [-0.3, -0.25) is 4.98 Å². The number of fused-ring (bicyclic) bond motifs is 2. The summed E-state index contributed by atoms with van der Waals surface area (Å²) in [6.45, 7) is 1.69. The first-order chi connectivity index (χ1) is 17.2. The molecule has 0 atom stereocenters. The fourth-order valence-corrected chi connectivity index (χ4v) is 6.70. The van der Waals surface area contributed by atoms with Crippen molar-refractivity contribution in [3.05, 3.63) is 131 Å². The molecule has 0 saturated heterocycles. The van der Waals surface area contributed by atoms with Crippen LogP contribution in [0.4, 0.5) is 5.69 Å². The fraction of sp³-hybridized carbons (Fsp3) is 0.258. The van der Waals surface area contributed by atoms with E-state index in [4.69, 9.17) is 0 Å². The summed E-state index contributed by atoms with van der Waals surface area (Å²) in [6, 6.07) is 33.4. The maximum Gasteiger partial charge on any atom is 0.0912 e. The highest BCUT2D eigenvalue weighted by molar-refractivity contribution is 8.00. The molecule has 1 aliphatic carbocycles. The largest absolute Gasteiger partial charge is 0.378 e. The lowest BCUT2D eigenvalue weighted by Crippen LogP contribution is -2.29. The minimum atomic E-state index is -0.226. The Morgan fingerprint density at radius 2 is 1.46 bits per heavy atom. The zero-order valence-electron chi connectivity index (χ0n) is 20.6. The van der Waals surface area contributed by atoms with Gasteiger partial charge in [0, 0.05) is 44.8 Å². The van der Waals surface area contributed by atoms with Crippen molar-refractivity contribution in [2.45, 2.75) is 24.1 Å². The number of anilines is 1. The molecule has 178 valence electrons. The van der Waals surface area contributed by atoms with Crippen LogP contribution in [0.3, 0.4) is 0 Å². The summed E-state index contributed by atoms with van der Waals surface area (Å²) in [6.07, 6.45) is 4.05. The number of hydrogen-bond acceptors (Lipinski definition) is 4. The zero-order valence-corrected chi connectivity index (χ0v) is 21.4. The third kappa shape index (κ3) is 4.86. The van der Waals surface area contributed by atoms with Crippen molar-refractivity contribution in [3.8, 4) is 0 Å². The molecule has 4 heteroatoms. The molecule has 3 nitrogen and oxygen atoms in total. The number of hydrogen-bond donors (Lipinski definition) is 1. The van der Waals surface area contributed by atoms with E-state index in [-0.39, 0.29) is 4.75 Å². The summed E-state index contributed by atoms with van der Waals surface area (Å²) in [7, 11) is 4.13. The predicted octanol–water partition coefficient (Wildman–Crippen LogP) is 6.06. The molecule has 0 radical (unpaired) electrons. The molecule has 1 heterocycles. The van der Waals surface area contributed by atoms with Crippen LogP contribution < -0.4 is 10.2 Å². The predicted molar refractivity (Wildman–Crippen MR) is 149 cm³/mol. The second-order valence-electron chi connectivity index (χ2n) is 9.29. The summed E-state index contributed by atoms with van der Waals surface area (Å²) >= 11 is 2.05. The van der Waals surface area contributed by atoms with Gasteiger partial charge in [-0.2, -0.15) is 0 Å². The van der Waals surface area contributed by atoms with Crippen LogP contribution in [0.15, 0.2) is 97.2 Å². The quantitative estimate of drug-likeness (QED) is 0.311. The van der Waals surface area contributed by atoms with Gasteiger partial charge in [0.15, 0.2) is 0 Å². The average Bonchev–Trinajstić information content (AvgIpc) is 3.05. The second-order valence-corrected chi connectivity index (χ2v) is 10.6. The number of thioether (sulfide) groups is 1. The summed E-state index contributed by atoms with van der Waals surface area (Å²) in [5, 5.41) is 3.64. The van der Waals surface area contributed by atoms with E-state index in [0.29, 0.717) is 0 Å². The van der Waals surface area contributed by atoms with E-state index in [1.54, 1.807) is 0 Å². The Kier molecular flexibility index (Phi) is 7.21. The second kappa shape index (κ2) is 10.7. The van der Waals surface area contributed by atoms with E-state index in [2.05, 4.69) is 114 Å². The van der Waals surface area contributed by atoms with Crippen LogP contribution in [0, 0.1) is 0 Å². The topological polar surface area (TPSA) is 28.2 Å². The van der Waals surface area contributed by atoms with Gasteiger partial charge in [0.05, 0.1) is 10.4 Å². The first kappa shape index (κ1) is 23.7. The van der Waals surface area contributed by atoms with Gasteiger partial charge in [-0.25, -0.2) is 0 Å². The number of nitrogens with zero attached hydrogens (tertiary/aromatic N) is 2. The molecule has 0 fully saturated rings. The highest BCUT2D eigenvalue weighted by Gasteiger charge is 2.41. The fourth-order valence-electron chi connectivity index (χ4n) is 5.13. The minimum absolute atomic E-state index is 0.226. The van der Waals surface area contributed by atoms with Crippen molar-refractivity contribution in [2.75, 3.05) is 31.3 Å². The molecule has 0 amide bonds. The molecule has 4 aromatic rings. The molecule has 1 aromatic heterocycles. The minimum Gasteiger partial charge on any atom is -0.378 e. The molecule has 5 rings (SSSR count). The van der Waals surface area contributed by atoms with Crippen LogP contribution in [0.25, 0.3) is 0 Å². The van der Waals surface area contributed by atoms with Crippen LogP contribution >= 0.6 is 11.8 Å². The molecular formula is C31H33N3S. The standard InChI is InChI=1S/C31H33N3S/c1-34(2)28-18-19-33-27(22-28)23-32-20-21-35-31(26-12-4-3-5-13-26)29-14-8-6-10-24(29)16-17-25-11-7-9-15-30(25)31/h3-15,18-19,22,32H,16-17,20-21,23H2,1-2H3. The van der Waals surface area contributed by atoms with E-state index in [9.17, 15) is 0 Å². The summed E-state index contributed by atoms with van der Waals surface area (Å²) in [5.41, 5.74) is 9.38. The Morgan fingerprint density at radius 1 is 0.829 bits per heavy atom. The van der Waals surface area contributed by atoms with Gasteiger partial charge >= 0.3 is 0 Å². The van der Waals surface area contributed by atoms with Crippen molar-refractivity contribution in [3.63, 3.8) is 0 Å². The highest BCUT2D eigenvalue weighted by Crippen LogP contribution is 2.52. The lowest BCUT2D eigenvalue weighted by atomic mass is 9.81. The number of aryl methyl sites for hydroxylation is 2. The van der Waals surface area contributed by atoms with Crippen molar-refractivity contribution < 1.29 is 0 Å². The van der Waals surface area contributed by atoms with Crippen molar-refractivity contribution in [1.29, 1.82) is 0 Å². The normalized spacial score (nSPS) is 14.0. The van der Waals surface area contributed by atoms with E-state index in [0.717, 1.165) is 37.4 Å². The van der Waals surface area contributed by atoms with Gasteiger partial charge in [0.1, 0.15) is 0 Å². The van der Waals surface area contributed by atoms with E-state index < -0.39 is 0 Å². The Labute approximate surface area is 213 Å². The molecule has 35 heavy (non-hydrogen) atoms. The molecule has 0 spiro atoms. The SMILES string of the molecule is CN(C)c1ccnc(CNCCSC2(c3ccccc3)c3ccccc3CCc3ccccc32)c1. The van der Waals surface area contributed by atoms with Gasteiger partial charge in [0.25, 0.3) is 0 Å². The summed E-state index contributed by atoms with van der Waals surface area (Å²) in [5.74, 6) is 0.991. The number of aromatic nitrogens is 1. The van der Waals surface area contributed by atoms with Crippen molar-refractivity contribution in [2.24, 2.45) is 0 Å². The van der Waals surface area contributed by atoms with Crippen molar-refractivity contribution in [1.82, 2.24) is 10.3 Å². The molecular weight excluding hydrogens is 446 g/mol. The molecule has 0 bridgehead atoms. The Morgan fingerprint density at radius 3 is 2.11 bits per heavy atom. The molecule has 3 aromatic carbocycles. The van der Waals surface area contributed by atoms with E-state index in [1.807, 2.05) is 24.0 Å². The lowest BCUT2D eigenvalue weighted by Gasteiger charge is -2.37. The van der Waals surface area contributed by atoms with E-state index >= 15 is 0 Å². The molecule has 0 saturated carbocycles. The van der Waals surface area contributed by atoms with Crippen molar-refractivity contribution >= 4 is 17.4 Å². The van der Waals surface area contributed by atoms with Gasteiger partial charge in [0.2, 0.25) is 0 Å².